The fraction of sp³-hybridized carbons (Fsp3) is 0.562. The smallest absolute Gasteiger partial charge is 0.139 e. The van der Waals surface area contributed by atoms with Gasteiger partial charge in [-0.05, 0) is 31.2 Å². The normalized spacial score (nSPS) is 26.1. The van der Waals surface area contributed by atoms with Gasteiger partial charge in [0.15, 0.2) is 0 Å². The van der Waals surface area contributed by atoms with E-state index in [0.29, 0.717) is 12.3 Å². The topological polar surface area (TPSA) is 37.3 Å². The maximum Gasteiger partial charge on any atom is 0.139 e. The van der Waals surface area contributed by atoms with Gasteiger partial charge in [-0.25, -0.2) is 0 Å². The van der Waals surface area contributed by atoms with Crippen molar-refractivity contribution in [3.63, 3.8) is 0 Å². The molecule has 1 saturated carbocycles. The van der Waals surface area contributed by atoms with Crippen molar-refractivity contribution in [1.82, 2.24) is 0 Å². The standard InChI is InChI=1S/C16H22O2/c1-3-12-5-4-6-14(17)15(12)16(18)13-9-7-11(2)8-10-13/h7-10,12,15-16,18H,3-6H2,1-2H3/t12-,15+,16+/m1/s1. The predicted octanol–water partition coefficient (Wildman–Crippen LogP) is 3.42. The van der Waals surface area contributed by atoms with Crippen LogP contribution >= 0.6 is 0 Å². The average Bonchev–Trinajstić information content (AvgIpc) is 2.38. The lowest BCUT2D eigenvalue weighted by molar-refractivity contribution is -0.132. The second-order valence-corrected chi connectivity index (χ2v) is 5.41. The van der Waals surface area contributed by atoms with Gasteiger partial charge in [-0.3, -0.25) is 4.79 Å². The largest absolute Gasteiger partial charge is 0.388 e. The van der Waals surface area contributed by atoms with Crippen LogP contribution < -0.4 is 0 Å². The van der Waals surface area contributed by atoms with Crippen molar-refractivity contribution in [3.05, 3.63) is 35.4 Å². The van der Waals surface area contributed by atoms with Crippen LogP contribution in [0.25, 0.3) is 0 Å². The lowest BCUT2D eigenvalue weighted by atomic mass is 9.72. The van der Waals surface area contributed by atoms with Crippen molar-refractivity contribution in [2.45, 2.75) is 45.6 Å². The maximum atomic E-state index is 12.1. The SMILES string of the molecule is CC[C@@H]1CCCC(=O)[C@H]1[C@@H](O)c1ccc(C)cc1. The van der Waals surface area contributed by atoms with Crippen LogP contribution in [-0.2, 0) is 4.79 Å². The lowest BCUT2D eigenvalue weighted by Crippen LogP contribution is -2.33. The van der Waals surface area contributed by atoms with Gasteiger partial charge in [-0.15, -0.1) is 0 Å². The van der Waals surface area contributed by atoms with Gasteiger partial charge >= 0.3 is 0 Å². The number of hydrogen-bond donors (Lipinski definition) is 1. The third-order valence-corrected chi connectivity index (χ3v) is 4.16. The molecule has 0 heterocycles. The Kier molecular flexibility index (Phi) is 4.18. The van der Waals surface area contributed by atoms with Crippen LogP contribution in [0.1, 0.15) is 49.8 Å². The van der Waals surface area contributed by atoms with Crippen LogP contribution in [0, 0.1) is 18.8 Å². The third-order valence-electron chi connectivity index (χ3n) is 4.16. The molecule has 2 nitrogen and oxygen atoms in total. The maximum absolute atomic E-state index is 12.1. The van der Waals surface area contributed by atoms with Crippen LogP contribution in [-0.4, -0.2) is 10.9 Å². The lowest BCUT2D eigenvalue weighted by Gasteiger charge is -2.33. The van der Waals surface area contributed by atoms with Crippen molar-refractivity contribution in [2.24, 2.45) is 11.8 Å². The first kappa shape index (κ1) is 13.3. The molecule has 1 N–H and O–H groups in total. The summed E-state index contributed by atoms with van der Waals surface area (Å²) in [6.45, 7) is 4.13. The van der Waals surface area contributed by atoms with Crippen molar-refractivity contribution >= 4 is 5.78 Å². The average molecular weight is 246 g/mol. The summed E-state index contributed by atoms with van der Waals surface area (Å²) in [5.41, 5.74) is 2.05. The summed E-state index contributed by atoms with van der Waals surface area (Å²) >= 11 is 0. The Balaban J connectivity index is 2.22. The van der Waals surface area contributed by atoms with E-state index in [4.69, 9.17) is 0 Å². The number of aliphatic hydroxyl groups is 1. The van der Waals surface area contributed by atoms with Gasteiger partial charge in [-0.1, -0.05) is 43.2 Å². The fourth-order valence-corrected chi connectivity index (χ4v) is 3.01. The van der Waals surface area contributed by atoms with Gasteiger partial charge < -0.3 is 5.11 Å². The molecule has 0 spiro atoms. The van der Waals surface area contributed by atoms with Gasteiger partial charge in [0.05, 0.1) is 12.0 Å². The highest BCUT2D eigenvalue weighted by Crippen LogP contribution is 2.38. The molecule has 1 aromatic carbocycles. The second kappa shape index (κ2) is 5.66. The van der Waals surface area contributed by atoms with Gasteiger partial charge in [-0.2, -0.15) is 0 Å². The molecule has 98 valence electrons. The van der Waals surface area contributed by atoms with Crippen LogP contribution in [0.15, 0.2) is 24.3 Å². The molecule has 1 aromatic rings. The first-order chi connectivity index (χ1) is 8.63. The van der Waals surface area contributed by atoms with E-state index < -0.39 is 6.10 Å². The van der Waals surface area contributed by atoms with Crippen LogP contribution in [0.5, 0.6) is 0 Å². The first-order valence-electron chi connectivity index (χ1n) is 6.90. The highest BCUT2D eigenvalue weighted by molar-refractivity contribution is 5.82. The molecule has 2 rings (SSSR count). The zero-order valence-electron chi connectivity index (χ0n) is 11.2. The molecule has 0 bridgehead atoms. The molecule has 0 aliphatic heterocycles. The Morgan fingerprint density at radius 2 is 2.00 bits per heavy atom. The second-order valence-electron chi connectivity index (χ2n) is 5.41. The summed E-state index contributed by atoms with van der Waals surface area (Å²) < 4.78 is 0. The third kappa shape index (κ3) is 2.64. The molecule has 1 aliphatic rings. The number of aliphatic hydroxyl groups excluding tert-OH is 1. The van der Waals surface area contributed by atoms with Gasteiger partial charge in [0.25, 0.3) is 0 Å². The molecule has 0 unspecified atom stereocenters. The monoisotopic (exact) mass is 246 g/mol. The Bertz CT molecular complexity index is 408. The summed E-state index contributed by atoms with van der Waals surface area (Å²) in [7, 11) is 0. The molecule has 3 atom stereocenters. The van der Waals surface area contributed by atoms with Crippen LogP contribution in [0.2, 0.25) is 0 Å². The summed E-state index contributed by atoms with van der Waals surface area (Å²) in [6.07, 6.45) is 3.01. The molecule has 2 heteroatoms. The molecule has 1 aliphatic carbocycles. The number of carbonyl (C=O) groups excluding carboxylic acids is 1. The van der Waals surface area contributed by atoms with Gasteiger partial charge in [0.2, 0.25) is 0 Å². The molecule has 0 saturated heterocycles. The van der Waals surface area contributed by atoms with Crippen molar-refractivity contribution < 1.29 is 9.90 Å². The summed E-state index contributed by atoms with van der Waals surface area (Å²) in [4.78, 5) is 12.1. The number of carbonyl (C=O) groups is 1. The number of ketones is 1. The zero-order chi connectivity index (χ0) is 13.1. The van der Waals surface area contributed by atoms with Crippen molar-refractivity contribution in [2.75, 3.05) is 0 Å². The van der Waals surface area contributed by atoms with E-state index in [1.165, 1.54) is 5.56 Å². The van der Waals surface area contributed by atoms with Gasteiger partial charge in [0.1, 0.15) is 5.78 Å². The minimum atomic E-state index is -0.636. The minimum Gasteiger partial charge on any atom is -0.388 e. The zero-order valence-corrected chi connectivity index (χ0v) is 11.2. The molecule has 0 amide bonds. The molecule has 18 heavy (non-hydrogen) atoms. The van der Waals surface area contributed by atoms with E-state index in [2.05, 4.69) is 6.92 Å². The van der Waals surface area contributed by atoms with Crippen molar-refractivity contribution in [1.29, 1.82) is 0 Å². The van der Waals surface area contributed by atoms with E-state index in [1.807, 2.05) is 31.2 Å². The van der Waals surface area contributed by atoms with Crippen molar-refractivity contribution in [3.8, 4) is 0 Å². The molecule has 1 fully saturated rings. The summed E-state index contributed by atoms with van der Waals surface area (Å²) in [6, 6.07) is 7.86. The summed E-state index contributed by atoms with van der Waals surface area (Å²) in [5, 5.41) is 10.5. The predicted molar refractivity (Wildman–Crippen MR) is 72.3 cm³/mol. The Labute approximate surface area is 109 Å². The number of Topliss-reactive ketones (excluding diaryl/α,β-unsaturated/α-hetero) is 1. The minimum absolute atomic E-state index is 0.202. The number of aryl methyl sites for hydroxylation is 1. The van der Waals surface area contributed by atoms with E-state index in [0.717, 1.165) is 24.8 Å². The Hall–Kier alpha value is -1.15. The van der Waals surface area contributed by atoms with Crippen LogP contribution in [0.4, 0.5) is 0 Å². The molecular weight excluding hydrogens is 224 g/mol. The van der Waals surface area contributed by atoms with Crippen LogP contribution in [0.3, 0.4) is 0 Å². The van der Waals surface area contributed by atoms with E-state index in [9.17, 15) is 9.90 Å². The first-order valence-corrected chi connectivity index (χ1v) is 6.90. The Morgan fingerprint density at radius 1 is 1.33 bits per heavy atom. The van der Waals surface area contributed by atoms with Gasteiger partial charge in [0, 0.05) is 6.42 Å². The Morgan fingerprint density at radius 3 is 2.61 bits per heavy atom. The van der Waals surface area contributed by atoms with E-state index in [1.54, 1.807) is 0 Å². The molecule has 0 radical (unpaired) electrons. The summed E-state index contributed by atoms with van der Waals surface area (Å²) in [5.74, 6) is 0.371. The molecular formula is C16H22O2. The van der Waals surface area contributed by atoms with E-state index >= 15 is 0 Å². The quantitative estimate of drug-likeness (QED) is 0.887. The fourth-order valence-electron chi connectivity index (χ4n) is 3.01. The highest BCUT2D eigenvalue weighted by Gasteiger charge is 2.36. The highest BCUT2D eigenvalue weighted by atomic mass is 16.3. The molecule has 0 aromatic heterocycles. The van der Waals surface area contributed by atoms with E-state index in [-0.39, 0.29) is 11.7 Å². The number of rotatable bonds is 3. The number of hydrogen-bond acceptors (Lipinski definition) is 2. The number of benzene rings is 1.